The minimum absolute atomic E-state index is 0. The quantitative estimate of drug-likeness (QED) is 0.930. The van der Waals surface area contributed by atoms with Crippen molar-refractivity contribution in [1.82, 2.24) is 14.9 Å². The van der Waals surface area contributed by atoms with Crippen LogP contribution in [0.4, 0.5) is 5.82 Å². The van der Waals surface area contributed by atoms with Crippen LogP contribution in [-0.2, 0) is 11.2 Å². The zero-order valence-electron chi connectivity index (χ0n) is 13.5. The van der Waals surface area contributed by atoms with Crippen LogP contribution in [0.2, 0.25) is 0 Å². The lowest BCUT2D eigenvalue weighted by Crippen LogP contribution is -2.46. The number of aromatic nitrogens is 2. The zero-order chi connectivity index (χ0) is 15.5. The minimum Gasteiger partial charge on any atom is -0.367 e. The van der Waals surface area contributed by atoms with Gasteiger partial charge in [-0.05, 0) is 19.3 Å². The maximum atomic E-state index is 12.3. The number of aryl methyl sites for hydroxylation is 1. The second-order valence-electron chi connectivity index (χ2n) is 6.71. The van der Waals surface area contributed by atoms with Crippen molar-refractivity contribution in [2.45, 2.75) is 53.0 Å². The molecular formula is C16H28N4O. The highest BCUT2D eigenvalue weighted by atomic mass is 16.2. The van der Waals surface area contributed by atoms with Gasteiger partial charge in [-0.2, -0.15) is 0 Å². The van der Waals surface area contributed by atoms with Crippen LogP contribution >= 0.6 is 0 Å². The van der Waals surface area contributed by atoms with Gasteiger partial charge in [-0.1, -0.05) is 27.7 Å². The Balaban J connectivity index is 0.00000242. The van der Waals surface area contributed by atoms with Crippen molar-refractivity contribution in [2.24, 2.45) is 5.41 Å². The predicted molar refractivity (Wildman–Crippen MR) is 86.2 cm³/mol. The number of hydrogen-bond acceptors (Lipinski definition) is 4. The number of rotatable bonds is 3. The zero-order valence-corrected chi connectivity index (χ0v) is 13.5. The fourth-order valence-electron chi connectivity index (χ4n) is 2.58. The number of carbonyl (C=O) groups excluding carboxylic acids is 1. The van der Waals surface area contributed by atoms with Crippen LogP contribution in [0.15, 0.2) is 12.4 Å². The summed E-state index contributed by atoms with van der Waals surface area (Å²) in [7, 11) is 0. The van der Waals surface area contributed by atoms with Gasteiger partial charge < -0.3 is 10.2 Å². The molecule has 0 unspecified atom stereocenters. The van der Waals surface area contributed by atoms with Crippen molar-refractivity contribution >= 4 is 11.7 Å². The molecule has 1 aliphatic rings. The lowest BCUT2D eigenvalue weighted by molar-refractivity contribution is -0.140. The molecule has 0 spiro atoms. The molecule has 0 aliphatic carbocycles. The Morgan fingerprint density at radius 2 is 2.05 bits per heavy atom. The topological polar surface area (TPSA) is 58.1 Å². The molecule has 1 saturated heterocycles. The summed E-state index contributed by atoms with van der Waals surface area (Å²) in [5, 5.41) is 3.46. The normalized spacial score (nSPS) is 16.9. The molecule has 0 saturated carbocycles. The average Bonchev–Trinajstić information content (AvgIpc) is 2.46. The lowest BCUT2D eigenvalue weighted by atomic mass is 9.93. The number of hydrogen-bond donors (Lipinski definition) is 1. The van der Waals surface area contributed by atoms with Gasteiger partial charge in [-0.3, -0.25) is 4.79 Å². The Morgan fingerprint density at radius 1 is 1.38 bits per heavy atom. The molecule has 1 N–H and O–H groups in total. The van der Waals surface area contributed by atoms with Gasteiger partial charge in [-0.15, -0.1) is 0 Å². The van der Waals surface area contributed by atoms with Gasteiger partial charge >= 0.3 is 0 Å². The highest BCUT2D eigenvalue weighted by Gasteiger charge is 2.30. The molecule has 21 heavy (non-hydrogen) atoms. The van der Waals surface area contributed by atoms with E-state index in [4.69, 9.17) is 0 Å². The standard InChI is InChI=1S/C16H26N4O.H2/c1-5-12-10-14(18-11-17-12)19-13-6-8-20(9-7-13)15(21)16(2,3)4;/h10-11,13H,5-9H2,1-4H3,(H,17,18,19);1H. The molecular weight excluding hydrogens is 264 g/mol. The van der Waals surface area contributed by atoms with Gasteiger partial charge in [0.2, 0.25) is 5.91 Å². The molecule has 5 nitrogen and oxygen atoms in total. The molecule has 0 radical (unpaired) electrons. The maximum absolute atomic E-state index is 12.3. The molecule has 1 fully saturated rings. The summed E-state index contributed by atoms with van der Waals surface area (Å²) < 4.78 is 0. The van der Waals surface area contributed by atoms with Crippen LogP contribution in [0.3, 0.4) is 0 Å². The first kappa shape index (κ1) is 15.7. The number of amides is 1. The number of nitrogens with one attached hydrogen (secondary N) is 1. The molecule has 1 aromatic heterocycles. The molecule has 0 aromatic carbocycles. The summed E-state index contributed by atoms with van der Waals surface area (Å²) >= 11 is 0. The highest BCUT2D eigenvalue weighted by Crippen LogP contribution is 2.22. The molecule has 2 rings (SSSR count). The summed E-state index contributed by atoms with van der Waals surface area (Å²) in [6.45, 7) is 9.66. The van der Waals surface area contributed by atoms with Crippen LogP contribution in [0.5, 0.6) is 0 Å². The molecule has 1 amide bonds. The van der Waals surface area contributed by atoms with E-state index in [1.807, 2.05) is 31.7 Å². The first-order valence-corrected chi connectivity index (χ1v) is 7.77. The van der Waals surface area contributed by atoms with Crippen molar-refractivity contribution in [3.63, 3.8) is 0 Å². The molecule has 0 atom stereocenters. The van der Waals surface area contributed by atoms with Crippen molar-refractivity contribution in [1.29, 1.82) is 0 Å². The third-order valence-corrected chi connectivity index (χ3v) is 3.86. The first-order chi connectivity index (χ1) is 9.90. The van der Waals surface area contributed by atoms with Crippen molar-refractivity contribution in [3.05, 3.63) is 18.1 Å². The van der Waals surface area contributed by atoms with Crippen LogP contribution < -0.4 is 5.32 Å². The molecule has 1 aromatic rings. The van der Waals surface area contributed by atoms with Gasteiger partial charge in [0.1, 0.15) is 12.1 Å². The Hall–Kier alpha value is -1.65. The first-order valence-electron chi connectivity index (χ1n) is 7.77. The lowest BCUT2D eigenvalue weighted by Gasteiger charge is -2.36. The van der Waals surface area contributed by atoms with E-state index in [1.54, 1.807) is 6.33 Å². The van der Waals surface area contributed by atoms with Crippen LogP contribution in [0.25, 0.3) is 0 Å². The Labute approximate surface area is 128 Å². The maximum Gasteiger partial charge on any atom is 0.227 e. The monoisotopic (exact) mass is 292 g/mol. The summed E-state index contributed by atoms with van der Waals surface area (Å²) in [5.41, 5.74) is 0.760. The van der Waals surface area contributed by atoms with Gasteiger partial charge in [0.15, 0.2) is 0 Å². The van der Waals surface area contributed by atoms with E-state index in [9.17, 15) is 4.79 Å². The highest BCUT2D eigenvalue weighted by molar-refractivity contribution is 5.81. The van der Waals surface area contributed by atoms with Crippen molar-refractivity contribution < 1.29 is 6.22 Å². The molecule has 5 heteroatoms. The van der Waals surface area contributed by atoms with Crippen LogP contribution in [0, 0.1) is 5.41 Å². The minimum atomic E-state index is -0.289. The second kappa shape index (κ2) is 6.41. The van der Waals surface area contributed by atoms with E-state index in [-0.39, 0.29) is 12.7 Å². The van der Waals surface area contributed by atoms with Gasteiger partial charge in [0.05, 0.1) is 0 Å². The number of piperidine rings is 1. The number of nitrogens with zero attached hydrogens (tertiary/aromatic N) is 3. The van der Waals surface area contributed by atoms with E-state index in [2.05, 4.69) is 22.2 Å². The molecule has 2 heterocycles. The van der Waals surface area contributed by atoms with Gasteiger partial charge in [0.25, 0.3) is 0 Å². The van der Waals surface area contributed by atoms with E-state index in [0.717, 1.165) is 43.9 Å². The SMILES string of the molecule is CCc1cc(NC2CCN(C(=O)C(C)(C)C)CC2)ncn1.[HH]. The van der Waals surface area contributed by atoms with Crippen molar-refractivity contribution in [2.75, 3.05) is 18.4 Å². The summed E-state index contributed by atoms with van der Waals surface area (Å²) in [4.78, 5) is 22.7. The Bertz CT molecular complexity index is 493. The molecule has 0 bridgehead atoms. The van der Waals surface area contributed by atoms with Gasteiger partial charge in [0, 0.05) is 37.7 Å². The second-order valence-corrected chi connectivity index (χ2v) is 6.71. The average molecular weight is 292 g/mol. The van der Waals surface area contributed by atoms with Crippen LogP contribution in [-0.4, -0.2) is 39.9 Å². The number of anilines is 1. The third kappa shape index (κ3) is 4.16. The van der Waals surface area contributed by atoms with Crippen molar-refractivity contribution in [3.8, 4) is 0 Å². The van der Waals surface area contributed by atoms with Crippen LogP contribution in [0.1, 0.15) is 47.7 Å². The largest absolute Gasteiger partial charge is 0.367 e. The van der Waals surface area contributed by atoms with E-state index in [0.29, 0.717) is 6.04 Å². The fourth-order valence-corrected chi connectivity index (χ4v) is 2.58. The summed E-state index contributed by atoms with van der Waals surface area (Å²) in [6.07, 6.45) is 4.45. The fraction of sp³-hybridized carbons (Fsp3) is 0.688. The van der Waals surface area contributed by atoms with E-state index in [1.165, 1.54) is 0 Å². The number of carbonyl (C=O) groups is 1. The third-order valence-electron chi connectivity index (χ3n) is 3.86. The van der Waals surface area contributed by atoms with E-state index < -0.39 is 0 Å². The smallest absolute Gasteiger partial charge is 0.227 e. The molecule has 118 valence electrons. The Kier molecular flexibility index (Phi) is 4.80. The summed E-state index contributed by atoms with van der Waals surface area (Å²) in [5.74, 6) is 1.14. The summed E-state index contributed by atoms with van der Waals surface area (Å²) in [6, 6.07) is 2.39. The Morgan fingerprint density at radius 3 is 2.62 bits per heavy atom. The van der Waals surface area contributed by atoms with E-state index >= 15 is 0 Å². The van der Waals surface area contributed by atoms with Gasteiger partial charge in [-0.25, -0.2) is 9.97 Å². The number of likely N-dealkylation sites (tertiary alicyclic amines) is 1. The molecule has 1 aliphatic heterocycles. The predicted octanol–water partition coefficient (Wildman–Crippen LogP) is 2.73.